The Balaban J connectivity index is 2.38. The van der Waals surface area contributed by atoms with Crippen LogP contribution in [0.25, 0.3) is 11.0 Å². The Morgan fingerprint density at radius 3 is 2.65 bits per heavy atom. The molecule has 1 aromatic carbocycles. The number of aryl methyl sites for hydroxylation is 2. The summed E-state index contributed by atoms with van der Waals surface area (Å²) in [6.45, 7) is 2.39. The first-order valence-electron chi connectivity index (χ1n) is 6.50. The van der Waals surface area contributed by atoms with Gasteiger partial charge in [-0.05, 0) is 18.2 Å². The average Bonchev–Trinajstić information content (AvgIpc) is 2.73. The van der Waals surface area contributed by atoms with Gasteiger partial charge in [0.05, 0.1) is 16.8 Å². The van der Waals surface area contributed by atoms with E-state index in [0.717, 1.165) is 23.3 Å². The van der Waals surface area contributed by atoms with Crippen molar-refractivity contribution in [2.45, 2.75) is 19.9 Å². The summed E-state index contributed by atoms with van der Waals surface area (Å²) in [4.78, 5) is 4.51. The number of nitrogens with two attached hydrogens (primary N) is 1. The number of rotatable bonds is 5. The van der Waals surface area contributed by atoms with Crippen LogP contribution in [0.15, 0.2) is 18.2 Å². The molecular weight excluding hydrogens is 276 g/mol. The van der Waals surface area contributed by atoms with Crippen molar-refractivity contribution in [1.82, 2.24) is 13.9 Å². The molecule has 0 bridgehead atoms. The summed E-state index contributed by atoms with van der Waals surface area (Å²) < 4.78 is 27.0. The number of nitrogen functional groups attached to an aromatic ring is 1. The van der Waals surface area contributed by atoms with Crippen molar-refractivity contribution in [2.75, 3.05) is 25.6 Å². The molecule has 0 radical (unpaired) electrons. The maximum Gasteiger partial charge on any atom is 0.215 e. The van der Waals surface area contributed by atoms with Crippen LogP contribution in [0.2, 0.25) is 0 Å². The van der Waals surface area contributed by atoms with Gasteiger partial charge in [0, 0.05) is 32.7 Å². The van der Waals surface area contributed by atoms with Gasteiger partial charge in [0.2, 0.25) is 10.0 Å². The van der Waals surface area contributed by atoms with Crippen LogP contribution < -0.4 is 5.73 Å². The quantitative estimate of drug-likeness (QED) is 0.837. The number of fused-ring (bicyclic) bond motifs is 1. The van der Waals surface area contributed by atoms with Crippen LogP contribution >= 0.6 is 0 Å². The number of anilines is 1. The summed E-state index contributed by atoms with van der Waals surface area (Å²) in [6.07, 6.45) is 0.747. The molecule has 0 aliphatic rings. The highest BCUT2D eigenvalue weighted by Gasteiger charge is 2.16. The Morgan fingerprint density at radius 1 is 1.35 bits per heavy atom. The number of aromatic nitrogens is 2. The van der Waals surface area contributed by atoms with Crippen LogP contribution in [0.3, 0.4) is 0 Å². The largest absolute Gasteiger partial charge is 0.399 e. The molecule has 0 aliphatic heterocycles. The topological polar surface area (TPSA) is 81.2 Å². The molecule has 0 spiro atoms. The summed E-state index contributed by atoms with van der Waals surface area (Å²) in [5.41, 5.74) is 8.14. The minimum absolute atomic E-state index is 0.0584. The van der Waals surface area contributed by atoms with Gasteiger partial charge in [0.15, 0.2) is 0 Å². The summed E-state index contributed by atoms with van der Waals surface area (Å²) in [6, 6.07) is 5.50. The fraction of sp³-hybridized carbons (Fsp3) is 0.462. The highest BCUT2D eigenvalue weighted by molar-refractivity contribution is 7.89. The minimum atomic E-state index is -3.22. The van der Waals surface area contributed by atoms with E-state index >= 15 is 0 Å². The first kappa shape index (κ1) is 14.8. The maximum absolute atomic E-state index is 11.9. The molecular formula is C13H20N4O2S. The van der Waals surface area contributed by atoms with Crippen LogP contribution in [-0.2, 0) is 23.0 Å². The highest BCUT2D eigenvalue weighted by Crippen LogP contribution is 2.19. The van der Waals surface area contributed by atoms with E-state index in [0.29, 0.717) is 12.2 Å². The monoisotopic (exact) mass is 296 g/mol. The Bertz CT molecular complexity index is 719. The maximum atomic E-state index is 11.9. The van der Waals surface area contributed by atoms with E-state index in [9.17, 15) is 8.42 Å². The van der Waals surface area contributed by atoms with E-state index in [-0.39, 0.29) is 5.75 Å². The van der Waals surface area contributed by atoms with Crippen LogP contribution in [-0.4, -0.2) is 42.1 Å². The van der Waals surface area contributed by atoms with Gasteiger partial charge in [-0.2, -0.15) is 0 Å². The second-order valence-corrected chi connectivity index (χ2v) is 7.18. The van der Waals surface area contributed by atoms with Gasteiger partial charge in [0.25, 0.3) is 0 Å². The molecule has 0 saturated carbocycles. The first-order chi connectivity index (χ1) is 9.35. The molecule has 2 rings (SSSR count). The lowest BCUT2D eigenvalue weighted by Crippen LogP contribution is -2.27. The Hall–Kier alpha value is -1.60. The summed E-state index contributed by atoms with van der Waals surface area (Å²) in [5.74, 6) is 0.933. The van der Waals surface area contributed by atoms with E-state index in [2.05, 4.69) is 4.98 Å². The molecule has 0 fully saturated rings. The van der Waals surface area contributed by atoms with Gasteiger partial charge >= 0.3 is 0 Å². The normalized spacial score (nSPS) is 12.4. The third kappa shape index (κ3) is 2.78. The average molecular weight is 296 g/mol. The summed E-state index contributed by atoms with van der Waals surface area (Å²) in [7, 11) is -0.127. The van der Waals surface area contributed by atoms with Crippen LogP contribution in [0, 0.1) is 0 Å². The van der Waals surface area contributed by atoms with E-state index in [4.69, 9.17) is 5.73 Å². The predicted octanol–water partition coefficient (Wildman–Crippen LogP) is 1.07. The zero-order valence-corrected chi connectivity index (χ0v) is 12.8. The fourth-order valence-corrected chi connectivity index (χ4v) is 2.88. The lowest BCUT2D eigenvalue weighted by molar-refractivity contribution is 0.515. The number of hydrogen-bond acceptors (Lipinski definition) is 4. The van der Waals surface area contributed by atoms with Crippen LogP contribution in [0.5, 0.6) is 0 Å². The summed E-state index contributed by atoms with van der Waals surface area (Å²) >= 11 is 0. The molecule has 1 aromatic heterocycles. The van der Waals surface area contributed by atoms with Crippen molar-refractivity contribution in [3.63, 3.8) is 0 Å². The second-order valence-electron chi connectivity index (χ2n) is 4.88. The molecule has 110 valence electrons. The van der Waals surface area contributed by atoms with Gasteiger partial charge in [-0.1, -0.05) is 6.92 Å². The van der Waals surface area contributed by atoms with E-state index in [1.54, 1.807) is 20.2 Å². The summed E-state index contributed by atoms with van der Waals surface area (Å²) in [5, 5.41) is 0. The van der Waals surface area contributed by atoms with Crippen molar-refractivity contribution in [3.05, 3.63) is 24.0 Å². The molecule has 0 unspecified atom stereocenters. The van der Waals surface area contributed by atoms with Gasteiger partial charge in [-0.15, -0.1) is 0 Å². The molecule has 0 atom stereocenters. The molecule has 0 amide bonds. The molecule has 6 nitrogen and oxygen atoms in total. The molecule has 2 aromatic rings. The molecule has 20 heavy (non-hydrogen) atoms. The number of sulfonamides is 1. The van der Waals surface area contributed by atoms with Crippen molar-refractivity contribution in [3.8, 4) is 0 Å². The second kappa shape index (κ2) is 5.41. The third-order valence-corrected chi connectivity index (χ3v) is 5.11. The number of nitrogens with zero attached hydrogens (tertiary/aromatic N) is 3. The number of hydrogen-bond donors (Lipinski definition) is 1. The fourth-order valence-electron chi connectivity index (χ4n) is 2.11. The van der Waals surface area contributed by atoms with Gasteiger partial charge in [0.1, 0.15) is 5.82 Å². The Morgan fingerprint density at radius 2 is 2.05 bits per heavy atom. The van der Waals surface area contributed by atoms with E-state index in [1.165, 1.54) is 4.31 Å². The highest BCUT2D eigenvalue weighted by atomic mass is 32.2. The Kier molecular flexibility index (Phi) is 4.01. The molecule has 1 heterocycles. The van der Waals surface area contributed by atoms with Gasteiger partial charge < -0.3 is 10.3 Å². The number of benzene rings is 1. The van der Waals surface area contributed by atoms with Crippen molar-refractivity contribution in [2.24, 2.45) is 0 Å². The SMILES string of the molecule is CCc1nc2cc(N)ccc2n1CCS(=O)(=O)N(C)C. The van der Waals surface area contributed by atoms with E-state index in [1.807, 2.05) is 23.6 Å². The van der Waals surface area contributed by atoms with Crippen molar-refractivity contribution in [1.29, 1.82) is 0 Å². The lowest BCUT2D eigenvalue weighted by Gasteiger charge is -2.13. The molecule has 0 aliphatic carbocycles. The van der Waals surface area contributed by atoms with Crippen molar-refractivity contribution >= 4 is 26.7 Å². The first-order valence-corrected chi connectivity index (χ1v) is 8.11. The number of imidazole rings is 1. The molecule has 2 N–H and O–H groups in total. The third-order valence-electron chi connectivity index (χ3n) is 3.30. The predicted molar refractivity (Wildman–Crippen MR) is 81.0 cm³/mol. The zero-order chi connectivity index (χ0) is 14.9. The zero-order valence-electron chi connectivity index (χ0n) is 12.0. The van der Waals surface area contributed by atoms with Crippen LogP contribution in [0.4, 0.5) is 5.69 Å². The molecule has 7 heteroatoms. The minimum Gasteiger partial charge on any atom is -0.399 e. The van der Waals surface area contributed by atoms with Crippen LogP contribution in [0.1, 0.15) is 12.7 Å². The van der Waals surface area contributed by atoms with E-state index < -0.39 is 10.0 Å². The standard InChI is InChI=1S/C13H20N4O2S/c1-4-13-15-11-9-10(14)5-6-12(11)17(13)7-8-20(18,19)16(2)3/h5-6,9H,4,7-8,14H2,1-3H3. The van der Waals surface area contributed by atoms with Gasteiger partial charge in [-0.25, -0.2) is 17.7 Å². The Labute approximate surface area is 119 Å². The lowest BCUT2D eigenvalue weighted by atomic mass is 10.3. The molecule has 0 saturated heterocycles. The smallest absolute Gasteiger partial charge is 0.215 e. The van der Waals surface area contributed by atoms with Crippen molar-refractivity contribution < 1.29 is 8.42 Å². The van der Waals surface area contributed by atoms with Gasteiger partial charge in [-0.3, -0.25) is 0 Å².